The van der Waals surface area contributed by atoms with Crippen molar-refractivity contribution in [2.75, 3.05) is 19.6 Å². The first-order valence-corrected chi connectivity index (χ1v) is 7.53. The molecule has 2 aliphatic rings. The number of likely N-dealkylation sites (N-methyl/N-ethyl adjacent to an activating group) is 1. The van der Waals surface area contributed by atoms with E-state index in [4.69, 9.17) is 0 Å². The summed E-state index contributed by atoms with van der Waals surface area (Å²) in [5.41, 5.74) is 0. The van der Waals surface area contributed by atoms with Crippen LogP contribution in [0.2, 0.25) is 0 Å². The Kier molecular flexibility index (Phi) is 5.17. The van der Waals surface area contributed by atoms with Crippen LogP contribution in [0.3, 0.4) is 0 Å². The molecule has 5 heteroatoms. The van der Waals surface area contributed by atoms with Gasteiger partial charge in [0.1, 0.15) is 0 Å². The number of nitrogens with zero attached hydrogens (tertiary/aromatic N) is 1. The van der Waals surface area contributed by atoms with E-state index in [2.05, 4.69) is 17.1 Å². The second-order valence-electron chi connectivity index (χ2n) is 5.66. The van der Waals surface area contributed by atoms with Crippen molar-refractivity contribution in [3.8, 4) is 0 Å². The molecule has 1 saturated heterocycles. The Morgan fingerprint density at radius 2 is 2.00 bits per heavy atom. The van der Waals surface area contributed by atoms with Crippen molar-refractivity contribution in [2.45, 2.75) is 38.6 Å². The van der Waals surface area contributed by atoms with Gasteiger partial charge in [-0.3, -0.25) is 14.5 Å². The second kappa shape index (κ2) is 6.88. The maximum absolute atomic E-state index is 12.2. The van der Waals surface area contributed by atoms with Gasteiger partial charge in [0.2, 0.25) is 5.91 Å². The largest absolute Gasteiger partial charge is 0.481 e. The lowest BCUT2D eigenvalue weighted by Gasteiger charge is -2.27. The van der Waals surface area contributed by atoms with Crippen LogP contribution in [0.4, 0.5) is 0 Å². The molecule has 1 heterocycles. The summed E-state index contributed by atoms with van der Waals surface area (Å²) >= 11 is 0. The number of aliphatic carboxylic acids is 1. The number of amides is 1. The van der Waals surface area contributed by atoms with Crippen molar-refractivity contribution in [2.24, 2.45) is 11.8 Å². The van der Waals surface area contributed by atoms with Crippen LogP contribution < -0.4 is 5.32 Å². The molecule has 1 aliphatic heterocycles. The standard InChI is InChI=1S/C15H24N2O3/c1-2-17-9-5-6-11(17)10-16-14(18)12-7-3-4-8-13(12)15(19)20/h3-4,11-13H,2,5-10H2,1H3,(H,16,18)(H,19,20)/t11?,12-,13+/m1/s1. The van der Waals surface area contributed by atoms with Gasteiger partial charge in [0.05, 0.1) is 11.8 Å². The first kappa shape index (κ1) is 15.0. The molecule has 5 nitrogen and oxygen atoms in total. The highest BCUT2D eigenvalue weighted by atomic mass is 16.4. The Morgan fingerprint density at radius 1 is 1.30 bits per heavy atom. The molecule has 0 aromatic heterocycles. The third-order valence-corrected chi connectivity index (χ3v) is 4.50. The lowest BCUT2D eigenvalue weighted by molar-refractivity contribution is -0.147. The monoisotopic (exact) mass is 280 g/mol. The summed E-state index contributed by atoms with van der Waals surface area (Å²) < 4.78 is 0. The molecule has 1 aliphatic carbocycles. The molecule has 0 radical (unpaired) electrons. The van der Waals surface area contributed by atoms with Crippen molar-refractivity contribution in [1.29, 1.82) is 0 Å². The molecule has 0 bridgehead atoms. The Morgan fingerprint density at radius 3 is 2.65 bits per heavy atom. The third-order valence-electron chi connectivity index (χ3n) is 4.50. The van der Waals surface area contributed by atoms with Gasteiger partial charge in [-0.1, -0.05) is 19.1 Å². The van der Waals surface area contributed by atoms with E-state index in [1.54, 1.807) is 0 Å². The summed E-state index contributed by atoms with van der Waals surface area (Å²) in [6.45, 7) is 4.87. The summed E-state index contributed by atoms with van der Waals surface area (Å²) in [4.78, 5) is 25.8. The molecular weight excluding hydrogens is 256 g/mol. The average Bonchev–Trinajstić information content (AvgIpc) is 2.92. The van der Waals surface area contributed by atoms with Crippen LogP contribution in [0, 0.1) is 11.8 Å². The van der Waals surface area contributed by atoms with E-state index < -0.39 is 17.8 Å². The van der Waals surface area contributed by atoms with E-state index in [1.165, 1.54) is 6.42 Å². The van der Waals surface area contributed by atoms with E-state index in [0.29, 0.717) is 25.4 Å². The fraction of sp³-hybridized carbons (Fsp3) is 0.733. The zero-order valence-electron chi connectivity index (χ0n) is 12.0. The first-order chi connectivity index (χ1) is 9.63. The number of carbonyl (C=O) groups excluding carboxylic acids is 1. The van der Waals surface area contributed by atoms with E-state index in [9.17, 15) is 14.7 Å². The molecule has 1 unspecified atom stereocenters. The third kappa shape index (κ3) is 3.39. The molecule has 2 N–H and O–H groups in total. The van der Waals surface area contributed by atoms with E-state index >= 15 is 0 Å². The van der Waals surface area contributed by atoms with Crippen LogP contribution in [-0.4, -0.2) is 47.6 Å². The van der Waals surface area contributed by atoms with Crippen LogP contribution in [0.25, 0.3) is 0 Å². The van der Waals surface area contributed by atoms with Gasteiger partial charge in [-0.2, -0.15) is 0 Å². The predicted octanol–water partition coefficient (Wildman–Crippen LogP) is 1.25. The van der Waals surface area contributed by atoms with Gasteiger partial charge in [-0.05, 0) is 38.8 Å². The number of hydrogen-bond donors (Lipinski definition) is 2. The summed E-state index contributed by atoms with van der Waals surface area (Å²) in [6, 6.07) is 0.409. The molecule has 2 rings (SSSR count). The second-order valence-corrected chi connectivity index (χ2v) is 5.66. The zero-order chi connectivity index (χ0) is 14.5. The number of hydrogen-bond acceptors (Lipinski definition) is 3. The van der Waals surface area contributed by atoms with E-state index in [-0.39, 0.29) is 5.91 Å². The number of allylic oxidation sites excluding steroid dienone is 2. The van der Waals surface area contributed by atoms with Crippen molar-refractivity contribution < 1.29 is 14.7 Å². The van der Waals surface area contributed by atoms with Gasteiger partial charge >= 0.3 is 5.97 Å². The lowest BCUT2D eigenvalue weighted by Crippen LogP contribution is -2.44. The smallest absolute Gasteiger partial charge is 0.307 e. The normalized spacial score (nSPS) is 30.4. The zero-order valence-corrected chi connectivity index (χ0v) is 12.0. The Balaban J connectivity index is 1.87. The summed E-state index contributed by atoms with van der Waals surface area (Å²) in [7, 11) is 0. The van der Waals surface area contributed by atoms with Crippen LogP contribution >= 0.6 is 0 Å². The molecule has 1 fully saturated rings. The minimum atomic E-state index is -0.870. The number of rotatable bonds is 5. The van der Waals surface area contributed by atoms with Crippen LogP contribution in [0.1, 0.15) is 32.6 Å². The number of carboxylic acids is 1. The molecule has 112 valence electrons. The molecular formula is C15H24N2O3. The first-order valence-electron chi connectivity index (χ1n) is 7.53. The lowest BCUT2D eigenvalue weighted by atomic mass is 9.82. The molecule has 0 saturated carbocycles. The van der Waals surface area contributed by atoms with E-state index in [1.807, 2.05) is 12.2 Å². The maximum Gasteiger partial charge on any atom is 0.307 e. The van der Waals surface area contributed by atoms with Gasteiger partial charge in [-0.15, -0.1) is 0 Å². The molecule has 20 heavy (non-hydrogen) atoms. The predicted molar refractivity (Wildman–Crippen MR) is 76.3 cm³/mol. The van der Waals surface area contributed by atoms with Crippen molar-refractivity contribution in [3.63, 3.8) is 0 Å². The van der Waals surface area contributed by atoms with Crippen molar-refractivity contribution in [1.82, 2.24) is 10.2 Å². The van der Waals surface area contributed by atoms with Crippen molar-refractivity contribution in [3.05, 3.63) is 12.2 Å². The molecule has 0 aromatic carbocycles. The highest BCUT2D eigenvalue weighted by molar-refractivity contribution is 5.85. The summed E-state index contributed by atoms with van der Waals surface area (Å²) in [5, 5.41) is 12.2. The maximum atomic E-state index is 12.2. The summed E-state index contributed by atoms with van der Waals surface area (Å²) in [6.07, 6.45) is 7.05. The van der Waals surface area contributed by atoms with Crippen LogP contribution in [0.15, 0.2) is 12.2 Å². The highest BCUT2D eigenvalue weighted by Gasteiger charge is 2.34. The highest BCUT2D eigenvalue weighted by Crippen LogP contribution is 2.26. The van der Waals surface area contributed by atoms with Crippen LogP contribution in [-0.2, 0) is 9.59 Å². The number of carboxylic acid groups (broad SMARTS) is 1. The average molecular weight is 280 g/mol. The Bertz CT molecular complexity index is 395. The van der Waals surface area contributed by atoms with E-state index in [0.717, 1.165) is 19.5 Å². The fourth-order valence-corrected chi connectivity index (χ4v) is 3.27. The van der Waals surface area contributed by atoms with Gasteiger partial charge < -0.3 is 10.4 Å². The van der Waals surface area contributed by atoms with Gasteiger partial charge in [0, 0.05) is 12.6 Å². The minimum absolute atomic E-state index is 0.107. The molecule has 3 atom stereocenters. The molecule has 1 amide bonds. The van der Waals surface area contributed by atoms with Gasteiger partial charge in [-0.25, -0.2) is 0 Å². The topological polar surface area (TPSA) is 69.6 Å². The van der Waals surface area contributed by atoms with Gasteiger partial charge in [0.25, 0.3) is 0 Å². The minimum Gasteiger partial charge on any atom is -0.481 e. The van der Waals surface area contributed by atoms with Gasteiger partial charge in [0.15, 0.2) is 0 Å². The van der Waals surface area contributed by atoms with Crippen LogP contribution in [0.5, 0.6) is 0 Å². The fourth-order valence-electron chi connectivity index (χ4n) is 3.27. The Labute approximate surface area is 120 Å². The molecule has 0 aromatic rings. The Hall–Kier alpha value is -1.36. The molecule has 0 spiro atoms. The SMILES string of the molecule is CCN1CCCC1CNC(=O)[C@@H]1CC=CC[C@@H]1C(=O)O. The number of nitrogens with one attached hydrogen (secondary N) is 1. The quantitative estimate of drug-likeness (QED) is 0.744. The summed E-state index contributed by atoms with van der Waals surface area (Å²) in [5.74, 6) is -1.98. The van der Waals surface area contributed by atoms with Crippen molar-refractivity contribution >= 4 is 11.9 Å². The number of likely N-dealkylation sites (tertiary alicyclic amines) is 1. The number of carbonyl (C=O) groups is 2.